The first-order valence-electron chi connectivity index (χ1n) is 6.62. The van der Waals surface area contributed by atoms with Crippen molar-refractivity contribution in [3.8, 4) is 0 Å². The lowest BCUT2D eigenvalue weighted by atomic mass is 10.1. The van der Waals surface area contributed by atoms with Crippen LogP contribution in [0.4, 0.5) is 0 Å². The van der Waals surface area contributed by atoms with Crippen molar-refractivity contribution in [1.82, 2.24) is 15.1 Å². The highest BCUT2D eigenvalue weighted by molar-refractivity contribution is 9.10. The predicted octanol–water partition coefficient (Wildman–Crippen LogP) is 2.83. The molecule has 1 N–H and O–H groups in total. The van der Waals surface area contributed by atoms with Gasteiger partial charge in [-0.2, -0.15) is 5.10 Å². The van der Waals surface area contributed by atoms with E-state index >= 15 is 0 Å². The van der Waals surface area contributed by atoms with Crippen molar-refractivity contribution in [2.45, 2.75) is 33.4 Å². The molecule has 1 heterocycles. The molecule has 4 nitrogen and oxygen atoms in total. The largest absolute Gasteiger partial charge is 0.352 e. The van der Waals surface area contributed by atoms with E-state index in [1.54, 1.807) is 0 Å². The van der Waals surface area contributed by atoms with E-state index in [9.17, 15) is 4.79 Å². The first-order chi connectivity index (χ1) is 9.60. The van der Waals surface area contributed by atoms with Crippen LogP contribution in [0, 0.1) is 6.92 Å². The second-order valence-corrected chi connectivity index (χ2v) is 5.57. The summed E-state index contributed by atoms with van der Waals surface area (Å²) in [5.41, 5.74) is 3.18. The fourth-order valence-electron chi connectivity index (χ4n) is 2.02. The Bertz CT molecular complexity index is 590. The zero-order valence-corrected chi connectivity index (χ0v) is 13.3. The maximum Gasteiger partial charge on any atom is 0.224 e. The van der Waals surface area contributed by atoms with E-state index in [2.05, 4.69) is 33.3 Å². The van der Waals surface area contributed by atoms with E-state index in [4.69, 9.17) is 0 Å². The van der Waals surface area contributed by atoms with Gasteiger partial charge in [0.25, 0.3) is 0 Å². The first-order valence-corrected chi connectivity index (χ1v) is 7.42. The number of hydrogen-bond donors (Lipinski definition) is 1. The van der Waals surface area contributed by atoms with Gasteiger partial charge in [-0.3, -0.25) is 9.48 Å². The smallest absolute Gasteiger partial charge is 0.224 e. The van der Waals surface area contributed by atoms with Gasteiger partial charge in [0, 0.05) is 28.8 Å². The molecule has 0 unspecified atom stereocenters. The number of aromatic nitrogens is 2. The van der Waals surface area contributed by atoms with Gasteiger partial charge in [-0.05, 0) is 31.5 Å². The molecule has 20 heavy (non-hydrogen) atoms. The van der Waals surface area contributed by atoms with Crippen LogP contribution in [0.15, 0.2) is 34.9 Å². The molecule has 0 radical (unpaired) electrons. The number of benzene rings is 1. The minimum absolute atomic E-state index is 0.0240. The summed E-state index contributed by atoms with van der Waals surface area (Å²) in [6.45, 7) is 5.45. The first kappa shape index (κ1) is 14.8. The molecule has 2 rings (SSSR count). The average Bonchev–Trinajstić information content (AvgIpc) is 2.79. The summed E-state index contributed by atoms with van der Waals surface area (Å²) in [4.78, 5) is 11.9. The Kier molecular flexibility index (Phi) is 4.95. The number of nitrogens with zero attached hydrogens (tertiary/aromatic N) is 2. The number of amides is 1. The summed E-state index contributed by atoms with van der Waals surface area (Å²) in [7, 11) is 0. The number of carbonyl (C=O) groups excluding carboxylic acids is 1. The molecule has 0 aliphatic carbocycles. The Morgan fingerprint density at radius 2 is 2.05 bits per heavy atom. The zero-order valence-electron chi connectivity index (χ0n) is 11.7. The molecule has 1 amide bonds. The summed E-state index contributed by atoms with van der Waals surface area (Å²) in [6.07, 6.45) is 2.22. The molecule has 0 saturated carbocycles. The second-order valence-electron chi connectivity index (χ2n) is 4.65. The van der Waals surface area contributed by atoms with Gasteiger partial charge in [0.05, 0.1) is 12.6 Å². The van der Waals surface area contributed by atoms with Crippen molar-refractivity contribution in [2.24, 2.45) is 0 Å². The van der Waals surface area contributed by atoms with Crippen LogP contribution in [-0.2, 0) is 24.3 Å². The maximum absolute atomic E-state index is 11.9. The van der Waals surface area contributed by atoms with Crippen LogP contribution in [0.3, 0.4) is 0 Å². The predicted molar refractivity (Wildman–Crippen MR) is 82.3 cm³/mol. The summed E-state index contributed by atoms with van der Waals surface area (Å²) in [6, 6.07) is 7.78. The van der Waals surface area contributed by atoms with Crippen molar-refractivity contribution < 1.29 is 4.79 Å². The molecular formula is C15H18BrN3O. The Labute approximate surface area is 127 Å². The third-order valence-corrected chi connectivity index (χ3v) is 3.79. The summed E-state index contributed by atoms with van der Waals surface area (Å²) < 4.78 is 2.94. The topological polar surface area (TPSA) is 46.9 Å². The van der Waals surface area contributed by atoms with Crippen LogP contribution < -0.4 is 5.32 Å². The lowest BCUT2D eigenvalue weighted by Gasteiger charge is -2.06. The summed E-state index contributed by atoms with van der Waals surface area (Å²) >= 11 is 3.38. The van der Waals surface area contributed by atoms with Crippen molar-refractivity contribution in [3.63, 3.8) is 0 Å². The van der Waals surface area contributed by atoms with Crippen LogP contribution in [0.2, 0.25) is 0 Å². The number of carbonyl (C=O) groups is 1. The Balaban J connectivity index is 1.88. The van der Waals surface area contributed by atoms with E-state index in [0.717, 1.165) is 27.8 Å². The van der Waals surface area contributed by atoms with Crippen molar-refractivity contribution >= 4 is 21.8 Å². The quantitative estimate of drug-likeness (QED) is 0.913. The summed E-state index contributed by atoms with van der Waals surface area (Å²) in [5, 5.41) is 7.20. The fourth-order valence-corrected chi connectivity index (χ4v) is 2.29. The standard InChI is InChI=1S/C15H18BrN3O/c1-3-19-11(2)13(10-18-19)9-17-15(20)8-12-4-6-14(16)7-5-12/h4-7,10H,3,8-9H2,1-2H3,(H,17,20). The molecule has 0 bridgehead atoms. The lowest BCUT2D eigenvalue weighted by Crippen LogP contribution is -2.24. The molecule has 1 aromatic carbocycles. The highest BCUT2D eigenvalue weighted by Gasteiger charge is 2.07. The van der Waals surface area contributed by atoms with Crippen molar-refractivity contribution in [1.29, 1.82) is 0 Å². The van der Waals surface area contributed by atoms with E-state index in [1.807, 2.05) is 42.1 Å². The number of nitrogens with one attached hydrogen (secondary N) is 1. The molecule has 2 aromatic rings. The number of halogens is 1. The monoisotopic (exact) mass is 335 g/mol. The van der Waals surface area contributed by atoms with Crippen LogP contribution in [0.25, 0.3) is 0 Å². The van der Waals surface area contributed by atoms with Crippen LogP contribution >= 0.6 is 15.9 Å². The minimum atomic E-state index is 0.0240. The molecule has 0 atom stereocenters. The molecule has 0 aliphatic heterocycles. The fraction of sp³-hybridized carbons (Fsp3) is 0.333. The molecule has 5 heteroatoms. The van der Waals surface area contributed by atoms with E-state index in [1.165, 1.54) is 0 Å². The molecule has 106 valence electrons. The lowest BCUT2D eigenvalue weighted by molar-refractivity contribution is -0.120. The van der Waals surface area contributed by atoms with Crippen LogP contribution in [0.5, 0.6) is 0 Å². The van der Waals surface area contributed by atoms with E-state index < -0.39 is 0 Å². The molecule has 0 aliphatic rings. The minimum Gasteiger partial charge on any atom is -0.352 e. The highest BCUT2D eigenvalue weighted by Crippen LogP contribution is 2.11. The SMILES string of the molecule is CCn1ncc(CNC(=O)Cc2ccc(Br)cc2)c1C. The number of aryl methyl sites for hydroxylation is 1. The highest BCUT2D eigenvalue weighted by atomic mass is 79.9. The second kappa shape index (κ2) is 6.70. The zero-order chi connectivity index (χ0) is 14.5. The van der Waals surface area contributed by atoms with Gasteiger partial charge in [0.2, 0.25) is 5.91 Å². The Hall–Kier alpha value is -1.62. The van der Waals surface area contributed by atoms with Gasteiger partial charge in [-0.15, -0.1) is 0 Å². The van der Waals surface area contributed by atoms with E-state index in [0.29, 0.717) is 13.0 Å². The van der Waals surface area contributed by atoms with Gasteiger partial charge in [0.1, 0.15) is 0 Å². The summed E-state index contributed by atoms with van der Waals surface area (Å²) in [5.74, 6) is 0.0240. The number of rotatable bonds is 5. The van der Waals surface area contributed by atoms with Gasteiger partial charge in [-0.25, -0.2) is 0 Å². The van der Waals surface area contributed by atoms with Gasteiger partial charge in [0.15, 0.2) is 0 Å². The van der Waals surface area contributed by atoms with Gasteiger partial charge < -0.3 is 5.32 Å². The average molecular weight is 336 g/mol. The van der Waals surface area contributed by atoms with Gasteiger partial charge >= 0.3 is 0 Å². The van der Waals surface area contributed by atoms with Crippen molar-refractivity contribution in [2.75, 3.05) is 0 Å². The molecule has 1 aromatic heterocycles. The third kappa shape index (κ3) is 3.70. The third-order valence-electron chi connectivity index (χ3n) is 3.26. The number of hydrogen-bond acceptors (Lipinski definition) is 2. The normalized spacial score (nSPS) is 10.6. The molecule has 0 fully saturated rings. The maximum atomic E-state index is 11.9. The van der Waals surface area contributed by atoms with Crippen molar-refractivity contribution in [3.05, 3.63) is 51.8 Å². The molecule has 0 spiro atoms. The van der Waals surface area contributed by atoms with Gasteiger partial charge in [-0.1, -0.05) is 28.1 Å². The van der Waals surface area contributed by atoms with Crippen LogP contribution in [0.1, 0.15) is 23.7 Å². The van der Waals surface area contributed by atoms with Crippen LogP contribution in [-0.4, -0.2) is 15.7 Å². The molecular weight excluding hydrogens is 318 g/mol. The Morgan fingerprint density at radius 1 is 1.35 bits per heavy atom. The Morgan fingerprint density at radius 3 is 2.65 bits per heavy atom. The molecule has 0 saturated heterocycles. The van der Waals surface area contributed by atoms with E-state index in [-0.39, 0.29) is 5.91 Å².